The van der Waals surface area contributed by atoms with Crippen molar-refractivity contribution in [2.75, 3.05) is 11.1 Å². The Kier molecular flexibility index (Phi) is 4.08. The van der Waals surface area contributed by atoms with Crippen molar-refractivity contribution in [3.8, 4) is 0 Å². The Labute approximate surface area is 90.4 Å². The highest BCUT2D eigenvalue weighted by Crippen LogP contribution is 2.23. The lowest BCUT2D eigenvalue weighted by Gasteiger charge is -2.16. The second-order valence-electron chi connectivity index (χ2n) is 3.39. The summed E-state index contributed by atoms with van der Waals surface area (Å²) in [5.41, 5.74) is 7.29. The van der Waals surface area contributed by atoms with Crippen LogP contribution in [0.1, 0.15) is 26.7 Å². The van der Waals surface area contributed by atoms with E-state index in [4.69, 9.17) is 17.3 Å². The molecule has 0 aliphatic rings. The zero-order valence-electron chi connectivity index (χ0n) is 8.68. The summed E-state index contributed by atoms with van der Waals surface area (Å²) in [5, 5.41) is 4.02. The molecule has 0 unspecified atom stereocenters. The number of nitrogen functional groups attached to an aromatic ring is 1. The zero-order chi connectivity index (χ0) is 10.6. The molecular weight excluding hydrogens is 196 g/mol. The van der Waals surface area contributed by atoms with Crippen molar-refractivity contribution >= 4 is 23.0 Å². The van der Waals surface area contributed by atoms with Gasteiger partial charge in [0.2, 0.25) is 0 Å². The van der Waals surface area contributed by atoms with Gasteiger partial charge in [-0.3, -0.25) is 0 Å². The smallest absolute Gasteiger partial charge is 0.0655 e. The van der Waals surface area contributed by atoms with Crippen LogP contribution in [0.3, 0.4) is 0 Å². The normalized spacial score (nSPS) is 10.6. The first-order valence-corrected chi connectivity index (χ1v) is 5.36. The van der Waals surface area contributed by atoms with E-state index in [-0.39, 0.29) is 0 Å². The number of nitrogens with two attached hydrogens (primary N) is 1. The number of halogens is 1. The van der Waals surface area contributed by atoms with Gasteiger partial charge in [0.1, 0.15) is 0 Å². The highest BCUT2D eigenvalue weighted by atomic mass is 35.5. The van der Waals surface area contributed by atoms with E-state index in [1.807, 2.05) is 18.2 Å². The molecule has 3 N–H and O–H groups in total. The van der Waals surface area contributed by atoms with Crippen molar-refractivity contribution in [1.29, 1.82) is 0 Å². The summed E-state index contributed by atoms with van der Waals surface area (Å²) >= 11 is 5.92. The Morgan fingerprint density at radius 1 is 1.36 bits per heavy atom. The minimum absolute atomic E-state index is 0.509. The summed E-state index contributed by atoms with van der Waals surface area (Å²) < 4.78 is 0. The lowest BCUT2D eigenvalue weighted by Crippen LogP contribution is -2.16. The van der Waals surface area contributed by atoms with Crippen LogP contribution >= 0.6 is 11.6 Å². The molecule has 0 amide bonds. The highest BCUT2D eigenvalue weighted by Gasteiger charge is 2.04. The molecule has 3 heteroatoms. The van der Waals surface area contributed by atoms with Crippen LogP contribution in [0.5, 0.6) is 0 Å². The van der Waals surface area contributed by atoms with E-state index in [1.165, 1.54) is 0 Å². The fourth-order valence-corrected chi connectivity index (χ4v) is 1.53. The molecule has 0 spiro atoms. The second kappa shape index (κ2) is 5.11. The van der Waals surface area contributed by atoms with Crippen LogP contribution in [-0.2, 0) is 0 Å². The maximum atomic E-state index is 5.92. The summed E-state index contributed by atoms with van der Waals surface area (Å²) in [7, 11) is 0. The lowest BCUT2D eigenvalue weighted by atomic mass is 10.1. The van der Waals surface area contributed by atoms with Crippen LogP contribution < -0.4 is 11.1 Å². The van der Waals surface area contributed by atoms with Gasteiger partial charge < -0.3 is 11.1 Å². The SMILES string of the molecule is CCC(CC)Nc1ccc(N)c(Cl)c1. The van der Waals surface area contributed by atoms with Crippen LogP contribution in [0.2, 0.25) is 5.02 Å². The van der Waals surface area contributed by atoms with Gasteiger partial charge in [-0.1, -0.05) is 25.4 Å². The minimum Gasteiger partial charge on any atom is -0.398 e. The topological polar surface area (TPSA) is 38.0 Å². The van der Waals surface area contributed by atoms with Crippen molar-refractivity contribution in [3.05, 3.63) is 23.2 Å². The molecule has 1 rings (SSSR count). The van der Waals surface area contributed by atoms with Gasteiger partial charge in [-0.25, -0.2) is 0 Å². The van der Waals surface area contributed by atoms with Gasteiger partial charge in [-0.05, 0) is 31.0 Å². The molecule has 0 saturated heterocycles. The van der Waals surface area contributed by atoms with Gasteiger partial charge in [-0.2, -0.15) is 0 Å². The van der Waals surface area contributed by atoms with Crippen molar-refractivity contribution in [2.45, 2.75) is 32.7 Å². The number of hydrogen-bond acceptors (Lipinski definition) is 2. The summed E-state index contributed by atoms with van der Waals surface area (Å²) in [6.07, 6.45) is 2.22. The predicted octanol–water partition coefficient (Wildman–Crippen LogP) is 3.52. The molecule has 0 radical (unpaired) electrons. The average Bonchev–Trinajstić information content (AvgIpc) is 2.19. The predicted molar refractivity (Wildman–Crippen MR) is 63.9 cm³/mol. The molecule has 0 aromatic heterocycles. The number of hydrogen-bond donors (Lipinski definition) is 2. The van der Waals surface area contributed by atoms with Gasteiger partial charge in [0.15, 0.2) is 0 Å². The van der Waals surface area contributed by atoms with Gasteiger partial charge in [0.25, 0.3) is 0 Å². The standard InChI is InChI=1S/C11H17ClN2/c1-3-8(4-2)14-9-5-6-11(13)10(12)7-9/h5-8,14H,3-4,13H2,1-2H3. The Hall–Kier alpha value is -0.890. The van der Waals surface area contributed by atoms with Gasteiger partial charge >= 0.3 is 0 Å². The van der Waals surface area contributed by atoms with Gasteiger partial charge in [0, 0.05) is 11.7 Å². The quantitative estimate of drug-likeness (QED) is 0.750. The molecule has 14 heavy (non-hydrogen) atoms. The molecule has 0 bridgehead atoms. The minimum atomic E-state index is 0.509. The lowest BCUT2D eigenvalue weighted by molar-refractivity contribution is 0.672. The third-order valence-corrected chi connectivity index (χ3v) is 2.68. The molecular formula is C11H17ClN2. The zero-order valence-corrected chi connectivity index (χ0v) is 9.43. The Morgan fingerprint density at radius 3 is 2.50 bits per heavy atom. The van der Waals surface area contributed by atoms with E-state index in [0.29, 0.717) is 16.8 Å². The molecule has 0 fully saturated rings. The molecule has 0 atom stereocenters. The first kappa shape index (κ1) is 11.2. The van der Waals surface area contributed by atoms with E-state index in [2.05, 4.69) is 19.2 Å². The third kappa shape index (κ3) is 2.81. The fraction of sp³-hybridized carbons (Fsp3) is 0.455. The number of nitrogens with one attached hydrogen (secondary N) is 1. The van der Waals surface area contributed by atoms with Crippen LogP contribution in [0.15, 0.2) is 18.2 Å². The van der Waals surface area contributed by atoms with E-state index in [1.54, 1.807) is 0 Å². The van der Waals surface area contributed by atoms with Crippen LogP contribution in [-0.4, -0.2) is 6.04 Å². The maximum absolute atomic E-state index is 5.92. The van der Waals surface area contributed by atoms with Crippen LogP contribution in [0, 0.1) is 0 Å². The molecule has 78 valence electrons. The highest BCUT2D eigenvalue weighted by molar-refractivity contribution is 6.33. The van der Waals surface area contributed by atoms with Crippen molar-refractivity contribution < 1.29 is 0 Å². The van der Waals surface area contributed by atoms with Crippen LogP contribution in [0.25, 0.3) is 0 Å². The largest absolute Gasteiger partial charge is 0.398 e. The van der Waals surface area contributed by atoms with E-state index in [9.17, 15) is 0 Å². The Bertz CT molecular complexity index is 295. The molecule has 0 saturated carbocycles. The van der Waals surface area contributed by atoms with E-state index in [0.717, 1.165) is 18.5 Å². The first-order chi connectivity index (χ1) is 6.67. The number of rotatable bonds is 4. The molecule has 1 aromatic rings. The summed E-state index contributed by atoms with van der Waals surface area (Å²) in [6.45, 7) is 4.33. The Balaban J connectivity index is 2.72. The third-order valence-electron chi connectivity index (χ3n) is 2.36. The molecule has 2 nitrogen and oxygen atoms in total. The molecule has 0 aliphatic heterocycles. The fourth-order valence-electron chi connectivity index (χ4n) is 1.35. The van der Waals surface area contributed by atoms with Crippen molar-refractivity contribution in [2.24, 2.45) is 0 Å². The maximum Gasteiger partial charge on any atom is 0.0655 e. The number of benzene rings is 1. The number of anilines is 2. The Morgan fingerprint density at radius 2 is 2.00 bits per heavy atom. The summed E-state index contributed by atoms with van der Waals surface area (Å²) in [4.78, 5) is 0. The molecule has 1 aromatic carbocycles. The van der Waals surface area contributed by atoms with E-state index >= 15 is 0 Å². The van der Waals surface area contributed by atoms with Gasteiger partial charge in [0.05, 0.1) is 10.7 Å². The monoisotopic (exact) mass is 212 g/mol. The summed E-state index contributed by atoms with van der Waals surface area (Å²) in [5.74, 6) is 0. The average molecular weight is 213 g/mol. The molecule has 0 aliphatic carbocycles. The van der Waals surface area contributed by atoms with Crippen molar-refractivity contribution in [1.82, 2.24) is 0 Å². The van der Waals surface area contributed by atoms with Crippen LogP contribution in [0.4, 0.5) is 11.4 Å². The van der Waals surface area contributed by atoms with Crippen molar-refractivity contribution in [3.63, 3.8) is 0 Å². The second-order valence-corrected chi connectivity index (χ2v) is 3.80. The molecule has 0 heterocycles. The first-order valence-electron chi connectivity index (χ1n) is 4.99. The summed E-state index contributed by atoms with van der Waals surface area (Å²) in [6, 6.07) is 6.16. The van der Waals surface area contributed by atoms with Gasteiger partial charge in [-0.15, -0.1) is 0 Å². The van der Waals surface area contributed by atoms with E-state index < -0.39 is 0 Å².